The van der Waals surface area contributed by atoms with E-state index < -0.39 is 0 Å². The number of thiazole rings is 1. The minimum atomic E-state index is -0.264. The summed E-state index contributed by atoms with van der Waals surface area (Å²) in [5, 5.41) is 0. The largest absolute Gasteiger partial charge is 0.494 e. The van der Waals surface area contributed by atoms with Gasteiger partial charge in [-0.2, -0.15) is 4.99 Å². The summed E-state index contributed by atoms with van der Waals surface area (Å²) in [6.45, 7) is 9.33. The normalized spacial score (nSPS) is 11.7. The van der Waals surface area contributed by atoms with Crippen LogP contribution in [0.25, 0.3) is 10.2 Å². The predicted octanol–water partition coefficient (Wildman–Crippen LogP) is 5.51. The Balaban J connectivity index is 1.90. The Morgan fingerprint density at radius 2 is 2.11 bits per heavy atom. The molecule has 28 heavy (non-hydrogen) atoms. The zero-order valence-corrected chi connectivity index (χ0v) is 17.3. The summed E-state index contributed by atoms with van der Waals surface area (Å²) in [6, 6.07) is 13.5. The Bertz CT molecular complexity index is 1050. The summed E-state index contributed by atoms with van der Waals surface area (Å²) in [4.78, 5) is 17.9. The van der Waals surface area contributed by atoms with Crippen molar-refractivity contribution in [2.45, 2.75) is 39.7 Å². The molecule has 1 aromatic heterocycles. The van der Waals surface area contributed by atoms with Crippen LogP contribution in [0.4, 0.5) is 0 Å². The summed E-state index contributed by atoms with van der Waals surface area (Å²) in [7, 11) is 0. The van der Waals surface area contributed by atoms with Gasteiger partial charge < -0.3 is 9.30 Å². The smallest absolute Gasteiger partial charge is 0.279 e. The van der Waals surface area contributed by atoms with Crippen LogP contribution in [0.3, 0.4) is 0 Å². The maximum atomic E-state index is 12.8. The number of carbonyl (C=O) groups excluding carboxylic acids is 1. The van der Waals surface area contributed by atoms with E-state index in [-0.39, 0.29) is 5.91 Å². The molecule has 3 rings (SSSR count). The molecule has 0 unspecified atom stereocenters. The quantitative estimate of drug-likeness (QED) is 0.374. The van der Waals surface area contributed by atoms with Crippen LogP contribution in [-0.4, -0.2) is 17.1 Å². The lowest BCUT2D eigenvalue weighted by atomic mass is 10.2. The average molecular weight is 395 g/mol. The van der Waals surface area contributed by atoms with Gasteiger partial charge in [-0.1, -0.05) is 49.3 Å². The molecule has 0 aliphatic carbocycles. The Labute approximate surface area is 169 Å². The Kier molecular flexibility index (Phi) is 6.82. The molecule has 3 aromatic rings. The molecule has 0 aliphatic heterocycles. The van der Waals surface area contributed by atoms with Crippen LogP contribution in [-0.2, 0) is 6.54 Å². The fraction of sp³-hybridized carbons (Fsp3) is 0.304. The lowest BCUT2D eigenvalue weighted by molar-refractivity contribution is 0.0997. The number of aromatic nitrogens is 1. The maximum Gasteiger partial charge on any atom is 0.279 e. The molecule has 4 nitrogen and oxygen atoms in total. The molecule has 1 heterocycles. The van der Waals surface area contributed by atoms with Crippen molar-refractivity contribution in [3.63, 3.8) is 0 Å². The highest BCUT2D eigenvalue weighted by Crippen LogP contribution is 2.20. The standard InChI is InChI=1S/C23H26N2O2S/c1-4-6-7-14-27-19-10-8-9-18(16-19)22(26)24-23-25(13-5-2)20-12-11-17(3)15-21(20)28-23/h5,8-12,15-16H,2,4,6-7,13-14H2,1,3H3. The van der Waals surface area contributed by atoms with Gasteiger partial charge in [0.15, 0.2) is 4.80 Å². The molecule has 0 bridgehead atoms. The monoisotopic (exact) mass is 394 g/mol. The van der Waals surface area contributed by atoms with Gasteiger partial charge in [0.25, 0.3) is 5.91 Å². The number of aryl methyl sites for hydroxylation is 1. The molecular weight excluding hydrogens is 368 g/mol. The fourth-order valence-corrected chi connectivity index (χ4v) is 4.12. The summed E-state index contributed by atoms with van der Waals surface area (Å²) in [6.07, 6.45) is 5.13. The molecule has 1 amide bonds. The zero-order valence-electron chi connectivity index (χ0n) is 16.5. The number of ether oxygens (including phenoxy) is 1. The number of rotatable bonds is 8. The first kappa shape index (κ1) is 20.1. The molecule has 2 aromatic carbocycles. The highest BCUT2D eigenvalue weighted by Gasteiger charge is 2.10. The third-order valence-electron chi connectivity index (χ3n) is 4.44. The number of hydrogen-bond acceptors (Lipinski definition) is 3. The topological polar surface area (TPSA) is 43.6 Å². The van der Waals surface area contributed by atoms with E-state index >= 15 is 0 Å². The van der Waals surface area contributed by atoms with Crippen LogP contribution in [0.1, 0.15) is 42.1 Å². The Morgan fingerprint density at radius 1 is 1.25 bits per heavy atom. The first-order chi connectivity index (χ1) is 13.6. The van der Waals surface area contributed by atoms with Gasteiger partial charge in [-0.3, -0.25) is 4.79 Å². The van der Waals surface area contributed by atoms with Crippen molar-refractivity contribution in [3.05, 3.63) is 71.0 Å². The summed E-state index contributed by atoms with van der Waals surface area (Å²) in [5.74, 6) is 0.447. The second-order valence-corrected chi connectivity index (χ2v) is 7.76. The van der Waals surface area contributed by atoms with Gasteiger partial charge in [0, 0.05) is 12.1 Å². The second kappa shape index (κ2) is 9.51. The molecule has 0 saturated heterocycles. The molecule has 0 N–H and O–H groups in total. The van der Waals surface area contributed by atoms with Crippen molar-refractivity contribution >= 4 is 27.5 Å². The number of fused-ring (bicyclic) bond motifs is 1. The van der Waals surface area contributed by atoms with Crippen LogP contribution in [0.5, 0.6) is 5.75 Å². The molecular formula is C23H26N2O2S. The number of unbranched alkanes of at least 4 members (excludes halogenated alkanes) is 2. The van der Waals surface area contributed by atoms with E-state index in [1.165, 1.54) is 16.9 Å². The minimum absolute atomic E-state index is 0.264. The zero-order chi connectivity index (χ0) is 19.9. The predicted molar refractivity (Wildman–Crippen MR) is 116 cm³/mol. The first-order valence-electron chi connectivity index (χ1n) is 9.65. The lowest BCUT2D eigenvalue weighted by Crippen LogP contribution is -2.16. The second-order valence-electron chi connectivity index (χ2n) is 6.76. The first-order valence-corrected chi connectivity index (χ1v) is 10.5. The van der Waals surface area contributed by atoms with E-state index in [9.17, 15) is 4.79 Å². The van der Waals surface area contributed by atoms with Gasteiger partial charge >= 0.3 is 0 Å². The number of nitrogens with zero attached hydrogens (tertiary/aromatic N) is 2. The van der Waals surface area contributed by atoms with Crippen LogP contribution < -0.4 is 9.54 Å². The van der Waals surface area contributed by atoms with E-state index in [0.29, 0.717) is 29.3 Å². The van der Waals surface area contributed by atoms with Crippen molar-refractivity contribution in [3.8, 4) is 5.75 Å². The number of carbonyl (C=O) groups is 1. The fourth-order valence-electron chi connectivity index (χ4n) is 2.98. The summed E-state index contributed by atoms with van der Waals surface area (Å²) >= 11 is 1.52. The van der Waals surface area contributed by atoms with E-state index in [4.69, 9.17) is 4.74 Å². The van der Waals surface area contributed by atoms with Crippen molar-refractivity contribution in [2.75, 3.05) is 6.61 Å². The molecule has 0 atom stereocenters. The number of amides is 1. The summed E-state index contributed by atoms with van der Waals surface area (Å²) in [5.41, 5.74) is 2.78. The third-order valence-corrected chi connectivity index (χ3v) is 5.49. The molecule has 0 saturated carbocycles. The Morgan fingerprint density at radius 3 is 2.89 bits per heavy atom. The highest BCUT2D eigenvalue weighted by molar-refractivity contribution is 7.16. The lowest BCUT2D eigenvalue weighted by Gasteiger charge is -2.06. The van der Waals surface area contributed by atoms with Crippen molar-refractivity contribution < 1.29 is 9.53 Å². The van der Waals surface area contributed by atoms with Gasteiger partial charge in [0.2, 0.25) is 0 Å². The van der Waals surface area contributed by atoms with Gasteiger partial charge in [-0.05, 0) is 49.2 Å². The van der Waals surface area contributed by atoms with Crippen LogP contribution in [0, 0.1) is 6.92 Å². The van der Waals surface area contributed by atoms with Crippen molar-refractivity contribution in [1.82, 2.24) is 4.57 Å². The van der Waals surface area contributed by atoms with E-state index in [1.54, 1.807) is 12.1 Å². The molecule has 0 spiro atoms. The SMILES string of the molecule is C=CCn1c(=NC(=O)c2cccc(OCCCCC)c2)sc2cc(C)ccc21. The third kappa shape index (κ3) is 4.78. The molecule has 0 fully saturated rings. The Hall–Kier alpha value is -2.66. The van der Waals surface area contributed by atoms with Gasteiger partial charge in [-0.15, -0.1) is 6.58 Å². The van der Waals surface area contributed by atoms with Crippen LogP contribution >= 0.6 is 11.3 Å². The summed E-state index contributed by atoms with van der Waals surface area (Å²) < 4.78 is 8.90. The average Bonchev–Trinajstić information content (AvgIpc) is 3.02. The van der Waals surface area contributed by atoms with Gasteiger partial charge in [-0.25, -0.2) is 0 Å². The van der Waals surface area contributed by atoms with Gasteiger partial charge in [0.05, 0.1) is 16.8 Å². The maximum absolute atomic E-state index is 12.8. The molecule has 146 valence electrons. The van der Waals surface area contributed by atoms with Crippen molar-refractivity contribution in [1.29, 1.82) is 0 Å². The van der Waals surface area contributed by atoms with E-state index in [1.807, 2.05) is 22.8 Å². The molecule has 0 aliphatic rings. The van der Waals surface area contributed by atoms with Crippen LogP contribution in [0.2, 0.25) is 0 Å². The number of hydrogen-bond donors (Lipinski definition) is 0. The number of benzene rings is 2. The van der Waals surface area contributed by atoms with Gasteiger partial charge in [0.1, 0.15) is 5.75 Å². The van der Waals surface area contributed by atoms with Crippen molar-refractivity contribution in [2.24, 2.45) is 4.99 Å². The molecule has 5 heteroatoms. The van der Waals surface area contributed by atoms with E-state index in [0.717, 1.165) is 29.5 Å². The highest BCUT2D eigenvalue weighted by atomic mass is 32.1. The number of allylic oxidation sites excluding steroid dienone is 1. The molecule has 0 radical (unpaired) electrons. The minimum Gasteiger partial charge on any atom is -0.494 e. The van der Waals surface area contributed by atoms with Crippen LogP contribution in [0.15, 0.2) is 60.1 Å². The van der Waals surface area contributed by atoms with E-state index in [2.05, 4.69) is 43.6 Å².